The maximum atomic E-state index is 11.2. The minimum absolute atomic E-state index is 0.205. The molecule has 1 aliphatic carbocycles. The largest absolute Gasteiger partial charge is 0.345 e. The van der Waals surface area contributed by atoms with Gasteiger partial charge in [0.15, 0.2) is 0 Å². The lowest BCUT2D eigenvalue weighted by atomic mass is 9.71. The van der Waals surface area contributed by atoms with Gasteiger partial charge in [0.25, 0.3) is 0 Å². The molecule has 0 amide bonds. The Morgan fingerprint density at radius 1 is 1.27 bits per heavy atom. The van der Waals surface area contributed by atoms with Gasteiger partial charge >= 0.3 is 7.60 Å². The van der Waals surface area contributed by atoms with E-state index in [1.165, 1.54) is 0 Å². The Hall–Kier alpha value is 0.110. The van der Waals surface area contributed by atoms with Crippen molar-refractivity contribution < 1.29 is 14.4 Å². The van der Waals surface area contributed by atoms with Gasteiger partial charge in [-0.25, -0.2) is 0 Å². The SMILES string of the molecule is CC(C)(C)C1CCC(N)(P(=O)(O)O)CC1. The van der Waals surface area contributed by atoms with E-state index in [9.17, 15) is 14.4 Å². The van der Waals surface area contributed by atoms with Gasteiger partial charge in [-0.05, 0) is 37.0 Å². The average Bonchev–Trinajstić information content (AvgIpc) is 2.01. The van der Waals surface area contributed by atoms with Crippen LogP contribution in [0.4, 0.5) is 0 Å². The first-order chi connectivity index (χ1) is 6.56. The summed E-state index contributed by atoms with van der Waals surface area (Å²) >= 11 is 0. The molecule has 1 aliphatic rings. The fourth-order valence-electron chi connectivity index (χ4n) is 2.28. The predicted molar refractivity (Wildman–Crippen MR) is 60.4 cm³/mol. The monoisotopic (exact) mass is 235 g/mol. The molecule has 0 aromatic heterocycles. The van der Waals surface area contributed by atoms with Crippen LogP contribution in [-0.2, 0) is 4.57 Å². The van der Waals surface area contributed by atoms with Crippen LogP contribution in [0, 0.1) is 11.3 Å². The fourth-order valence-corrected chi connectivity index (χ4v) is 3.12. The molecule has 90 valence electrons. The molecule has 1 rings (SSSR count). The molecule has 0 unspecified atom stereocenters. The second kappa shape index (κ2) is 3.85. The van der Waals surface area contributed by atoms with Gasteiger partial charge in [0.2, 0.25) is 0 Å². The van der Waals surface area contributed by atoms with Gasteiger partial charge in [-0.1, -0.05) is 20.8 Å². The van der Waals surface area contributed by atoms with Crippen LogP contribution >= 0.6 is 7.60 Å². The number of rotatable bonds is 1. The van der Waals surface area contributed by atoms with E-state index in [1.807, 2.05) is 0 Å². The Bertz CT molecular complexity index is 271. The minimum Gasteiger partial charge on any atom is -0.323 e. The van der Waals surface area contributed by atoms with Crippen LogP contribution < -0.4 is 5.73 Å². The Morgan fingerprint density at radius 3 is 1.93 bits per heavy atom. The van der Waals surface area contributed by atoms with Gasteiger partial charge in [0.05, 0.1) is 0 Å². The third kappa shape index (κ3) is 2.82. The van der Waals surface area contributed by atoms with Crippen molar-refractivity contribution in [1.29, 1.82) is 0 Å². The van der Waals surface area contributed by atoms with Gasteiger partial charge in [0.1, 0.15) is 5.28 Å². The zero-order valence-corrected chi connectivity index (χ0v) is 10.6. The second-order valence-corrected chi connectivity index (χ2v) is 7.77. The third-order valence-corrected chi connectivity index (χ3v) is 5.26. The first kappa shape index (κ1) is 13.2. The average molecular weight is 235 g/mol. The number of hydrogen-bond acceptors (Lipinski definition) is 2. The molecule has 1 fully saturated rings. The van der Waals surface area contributed by atoms with E-state index in [4.69, 9.17) is 5.73 Å². The standard InChI is InChI=1S/C10H22NO3P/c1-9(2,3)8-4-6-10(11,7-5-8)15(12,13)14/h8H,4-7,11H2,1-3H3,(H2,12,13,14). The van der Waals surface area contributed by atoms with Crippen LogP contribution in [0.1, 0.15) is 46.5 Å². The van der Waals surface area contributed by atoms with Gasteiger partial charge in [-0.2, -0.15) is 0 Å². The van der Waals surface area contributed by atoms with Crippen molar-refractivity contribution in [3.05, 3.63) is 0 Å². The summed E-state index contributed by atoms with van der Waals surface area (Å²) in [5.41, 5.74) is 5.98. The third-order valence-electron chi connectivity index (χ3n) is 3.66. The van der Waals surface area contributed by atoms with Crippen molar-refractivity contribution in [1.82, 2.24) is 0 Å². The van der Waals surface area contributed by atoms with E-state index in [1.54, 1.807) is 0 Å². The Morgan fingerprint density at radius 2 is 1.67 bits per heavy atom. The molecule has 0 heterocycles. The lowest BCUT2D eigenvalue weighted by Gasteiger charge is -2.41. The van der Waals surface area contributed by atoms with Gasteiger partial charge in [0, 0.05) is 0 Å². The lowest BCUT2D eigenvalue weighted by molar-refractivity contribution is 0.148. The van der Waals surface area contributed by atoms with Crippen molar-refractivity contribution in [2.75, 3.05) is 0 Å². The summed E-state index contributed by atoms with van der Waals surface area (Å²) in [5, 5.41) is -1.27. The highest BCUT2D eigenvalue weighted by Gasteiger charge is 2.47. The molecule has 0 aliphatic heterocycles. The molecular weight excluding hydrogens is 213 g/mol. The molecule has 0 spiro atoms. The summed E-state index contributed by atoms with van der Waals surface area (Å²) in [5.74, 6) is 0.515. The van der Waals surface area contributed by atoms with Crippen molar-refractivity contribution >= 4 is 7.60 Å². The molecule has 15 heavy (non-hydrogen) atoms. The van der Waals surface area contributed by atoms with Gasteiger partial charge in [-0.15, -0.1) is 0 Å². The Kier molecular flexibility index (Phi) is 3.38. The molecule has 1 saturated carbocycles. The van der Waals surface area contributed by atoms with Crippen molar-refractivity contribution in [3.63, 3.8) is 0 Å². The highest BCUT2D eigenvalue weighted by atomic mass is 31.2. The van der Waals surface area contributed by atoms with E-state index in [-0.39, 0.29) is 5.41 Å². The number of nitrogens with two attached hydrogens (primary N) is 1. The number of hydrogen-bond donors (Lipinski definition) is 3. The van der Waals surface area contributed by atoms with E-state index in [0.29, 0.717) is 18.8 Å². The maximum absolute atomic E-state index is 11.2. The van der Waals surface area contributed by atoms with Crippen LogP contribution in [0.25, 0.3) is 0 Å². The van der Waals surface area contributed by atoms with Gasteiger partial charge in [-0.3, -0.25) is 4.57 Å². The fraction of sp³-hybridized carbons (Fsp3) is 1.00. The first-order valence-corrected chi connectivity index (χ1v) is 7.02. The summed E-state index contributed by atoms with van der Waals surface area (Å²) in [6.07, 6.45) is 2.48. The van der Waals surface area contributed by atoms with Crippen LogP contribution in [0.5, 0.6) is 0 Å². The molecule has 4 N–H and O–H groups in total. The molecule has 0 radical (unpaired) electrons. The van der Waals surface area contributed by atoms with E-state index >= 15 is 0 Å². The molecule has 0 bridgehead atoms. The Balaban J connectivity index is 2.68. The van der Waals surface area contributed by atoms with Crippen molar-refractivity contribution in [3.8, 4) is 0 Å². The van der Waals surface area contributed by atoms with Crippen molar-refractivity contribution in [2.45, 2.75) is 51.7 Å². The molecule has 0 saturated heterocycles. The van der Waals surface area contributed by atoms with Crippen molar-refractivity contribution in [2.24, 2.45) is 17.1 Å². The van der Waals surface area contributed by atoms with Gasteiger partial charge < -0.3 is 15.5 Å². The van der Waals surface area contributed by atoms with Crippen LogP contribution in [0.15, 0.2) is 0 Å². The molecule has 4 nitrogen and oxygen atoms in total. The molecule has 0 aromatic carbocycles. The van der Waals surface area contributed by atoms with E-state index < -0.39 is 12.9 Å². The lowest BCUT2D eigenvalue weighted by Crippen LogP contribution is -2.44. The molecule has 5 heteroatoms. The van der Waals surface area contributed by atoms with E-state index in [2.05, 4.69) is 20.8 Å². The van der Waals surface area contributed by atoms with Crippen LogP contribution in [0.3, 0.4) is 0 Å². The molecule has 0 aromatic rings. The second-order valence-electron chi connectivity index (χ2n) is 5.79. The summed E-state index contributed by atoms with van der Waals surface area (Å²) in [4.78, 5) is 18.4. The zero-order valence-electron chi connectivity index (χ0n) is 9.73. The summed E-state index contributed by atoms with van der Waals surface area (Å²) in [6.45, 7) is 6.50. The minimum atomic E-state index is -4.15. The summed E-state index contributed by atoms with van der Waals surface area (Å²) in [6, 6.07) is 0. The Labute approximate surface area is 91.4 Å². The normalized spacial score (nSPS) is 34.1. The molecular formula is C10H22NO3P. The molecule has 0 atom stereocenters. The summed E-state index contributed by atoms with van der Waals surface area (Å²) < 4.78 is 11.2. The van der Waals surface area contributed by atoms with Crippen LogP contribution in [-0.4, -0.2) is 15.1 Å². The maximum Gasteiger partial charge on any atom is 0.345 e. The highest BCUT2D eigenvalue weighted by molar-refractivity contribution is 7.53. The predicted octanol–water partition coefficient (Wildman–Crippen LogP) is 2.06. The first-order valence-electron chi connectivity index (χ1n) is 5.41. The highest BCUT2D eigenvalue weighted by Crippen LogP contribution is 2.56. The topological polar surface area (TPSA) is 83.6 Å². The zero-order chi connectivity index (χ0) is 11.9. The summed E-state index contributed by atoms with van der Waals surface area (Å²) in [7, 11) is -4.15. The van der Waals surface area contributed by atoms with E-state index in [0.717, 1.165) is 12.8 Å². The van der Waals surface area contributed by atoms with Crippen LogP contribution in [0.2, 0.25) is 0 Å². The quantitative estimate of drug-likeness (QED) is 0.607. The smallest absolute Gasteiger partial charge is 0.323 e.